The molecule has 0 aromatic heterocycles. The van der Waals surface area contributed by atoms with Crippen LogP contribution in [-0.4, -0.2) is 52.1 Å². The highest BCUT2D eigenvalue weighted by Gasteiger charge is 2.24. The average molecular weight is 505 g/mol. The van der Waals surface area contributed by atoms with Crippen LogP contribution in [0.4, 0.5) is 5.69 Å². The quantitative estimate of drug-likeness (QED) is 0.530. The Morgan fingerprint density at radius 2 is 1.81 bits per heavy atom. The molecule has 172 valence electrons. The highest BCUT2D eigenvalue weighted by molar-refractivity contribution is 8.93. The summed E-state index contributed by atoms with van der Waals surface area (Å²) >= 11 is 0. The van der Waals surface area contributed by atoms with Gasteiger partial charge in [-0.3, -0.25) is 9.79 Å². The number of rotatable bonds is 6. The fourth-order valence-corrected chi connectivity index (χ4v) is 3.85. The summed E-state index contributed by atoms with van der Waals surface area (Å²) in [6, 6.07) is 10.9. The summed E-state index contributed by atoms with van der Waals surface area (Å²) in [5.41, 5.74) is 1.35. The van der Waals surface area contributed by atoms with E-state index in [4.69, 9.17) is 23.9 Å². The SMILES string of the molecule is Br.COc1ccc(OC)c(N(CC(=O)c2ccc3c(c2)OCCO3)C2=NCCCCC2)c1. The van der Waals surface area contributed by atoms with E-state index in [1.807, 2.05) is 23.1 Å². The highest BCUT2D eigenvalue weighted by Crippen LogP contribution is 2.35. The molecular formula is C24H29BrN2O5. The van der Waals surface area contributed by atoms with Crippen LogP contribution in [0, 0.1) is 0 Å². The van der Waals surface area contributed by atoms with Crippen molar-refractivity contribution in [2.45, 2.75) is 25.7 Å². The first-order chi connectivity index (χ1) is 15.2. The molecule has 2 aliphatic rings. The van der Waals surface area contributed by atoms with Crippen LogP contribution in [0.5, 0.6) is 23.0 Å². The molecular weight excluding hydrogens is 476 g/mol. The van der Waals surface area contributed by atoms with Crippen LogP contribution in [-0.2, 0) is 0 Å². The van der Waals surface area contributed by atoms with E-state index in [9.17, 15) is 4.79 Å². The van der Waals surface area contributed by atoms with Crippen LogP contribution in [0.25, 0.3) is 0 Å². The fraction of sp³-hybridized carbons (Fsp3) is 0.417. The Bertz CT molecular complexity index is 979. The molecule has 32 heavy (non-hydrogen) atoms. The predicted octanol–water partition coefficient (Wildman–Crippen LogP) is 4.71. The van der Waals surface area contributed by atoms with Crippen molar-refractivity contribution >= 4 is 34.3 Å². The zero-order chi connectivity index (χ0) is 21.6. The Kier molecular flexibility index (Phi) is 8.39. The van der Waals surface area contributed by atoms with Crippen LogP contribution < -0.4 is 23.8 Å². The molecule has 4 rings (SSSR count). The first-order valence-electron chi connectivity index (χ1n) is 10.7. The van der Waals surface area contributed by atoms with Crippen LogP contribution in [0.3, 0.4) is 0 Å². The van der Waals surface area contributed by atoms with Crippen molar-refractivity contribution in [2.75, 3.05) is 45.4 Å². The van der Waals surface area contributed by atoms with Gasteiger partial charge in [0, 0.05) is 24.6 Å². The molecule has 0 saturated carbocycles. The van der Waals surface area contributed by atoms with E-state index in [1.165, 1.54) is 0 Å². The molecule has 2 aliphatic heterocycles. The van der Waals surface area contributed by atoms with Crippen molar-refractivity contribution in [1.29, 1.82) is 0 Å². The maximum Gasteiger partial charge on any atom is 0.182 e. The van der Waals surface area contributed by atoms with Crippen LogP contribution >= 0.6 is 17.0 Å². The lowest BCUT2D eigenvalue weighted by Gasteiger charge is -2.27. The van der Waals surface area contributed by atoms with Gasteiger partial charge in [0.15, 0.2) is 17.3 Å². The zero-order valence-corrected chi connectivity index (χ0v) is 20.2. The second kappa shape index (κ2) is 11.2. The van der Waals surface area contributed by atoms with Gasteiger partial charge in [-0.2, -0.15) is 0 Å². The van der Waals surface area contributed by atoms with E-state index < -0.39 is 0 Å². The standard InChI is InChI=1S/C24H28N2O5.BrH/c1-28-18-8-10-21(29-2)19(15-18)26(24-6-4-3-5-11-25-24)16-20(27)17-7-9-22-23(14-17)31-13-12-30-22;/h7-10,14-15H,3-6,11-13,16H2,1-2H3;1H. The van der Waals surface area contributed by atoms with Crippen LogP contribution in [0.15, 0.2) is 41.4 Å². The Morgan fingerprint density at radius 1 is 1.00 bits per heavy atom. The minimum atomic E-state index is -0.0335. The lowest BCUT2D eigenvalue weighted by molar-refractivity contribution is 0.100. The molecule has 2 heterocycles. The molecule has 0 saturated heterocycles. The number of halogens is 1. The third-order valence-corrected chi connectivity index (χ3v) is 5.51. The summed E-state index contributed by atoms with van der Waals surface area (Å²) in [7, 11) is 3.25. The van der Waals surface area contributed by atoms with Crippen molar-refractivity contribution in [2.24, 2.45) is 4.99 Å². The molecule has 0 N–H and O–H groups in total. The predicted molar refractivity (Wildman–Crippen MR) is 130 cm³/mol. The fourth-order valence-electron chi connectivity index (χ4n) is 3.85. The van der Waals surface area contributed by atoms with Gasteiger partial charge in [0.1, 0.15) is 30.5 Å². The summed E-state index contributed by atoms with van der Waals surface area (Å²) < 4.78 is 22.3. The van der Waals surface area contributed by atoms with Crippen molar-refractivity contribution in [1.82, 2.24) is 0 Å². The van der Waals surface area contributed by atoms with Gasteiger partial charge in [-0.05, 0) is 43.2 Å². The number of carbonyl (C=O) groups is 1. The number of hydrogen-bond acceptors (Lipinski definition) is 7. The lowest BCUT2D eigenvalue weighted by atomic mass is 10.1. The normalized spacial score (nSPS) is 15.0. The molecule has 2 aromatic carbocycles. The van der Waals surface area contributed by atoms with Gasteiger partial charge in [-0.1, -0.05) is 6.42 Å². The molecule has 0 bridgehead atoms. The number of aliphatic imine (C=N–C) groups is 1. The van der Waals surface area contributed by atoms with E-state index in [1.54, 1.807) is 32.4 Å². The third kappa shape index (κ3) is 5.35. The number of carbonyl (C=O) groups excluding carboxylic acids is 1. The number of nitrogens with zero attached hydrogens (tertiary/aromatic N) is 2. The third-order valence-electron chi connectivity index (χ3n) is 5.51. The van der Waals surface area contributed by atoms with Gasteiger partial charge in [0.05, 0.1) is 26.5 Å². The van der Waals surface area contributed by atoms with Crippen molar-refractivity contribution in [3.05, 3.63) is 42.0 Å². The highest BCUT2D eigenvalue weighted by atomic mass is 79.9. The molecule has 0 atom stereocenters. The molecule has 0 radical (unpaired) electrons. The smallest absolute Gasteiger partial charge is 0.182 e. The Hall–Kier alpha value is -2.74. The van der Waals surface area contributed by atoms with Gasteiger partial charge >= 0.3 is 0 Å². The number of Topliss-reactive ketones (excluding diaryl/α,β-unsaturated/α-hetero) is 1. The van der Waals surface area contributed by atoms with Gasteiger partial charge in [-0.15, -0.1) is 17.0 Å². The number of hydrogen-bond donors (Lipinski definition) is 0. The first kappa shape index (κ1) is 23.9. The maximum atomic E-state index is 13.3. The average Bonchev–Trinajstić information content (AvgIpc) is 3.11. The number of benzene rings is 2. The topological polar surface area (TPSA) is 69.6 Å². The molecule has 2 aromatic rings. The number of methoxy groups -OCH3 is 2. The molecule has 0 aliphatic carbocycles. The van der Waals surface area contributed by atoms with Crippen LogP contribution in [0.1, 0.15) is 36.0 Å². The van der Waals surface area contributed by atoms with Crippen molar-refractivity contribution in [3.8, 4) is 23.0 Å². The van der Waals surface area contributed by atoms with E-state index in [-0.39, 0.29) is 29.3 Å². The number of fused-ring (bicyclic) bond motifs is 1. The zero-order valence-electron chi connectivity index (χ0n) is 18.5. The largest absolute Gasteiger partial charge is 0.497 e. The monoisotopic (exact) mass is 504 g/mol. The summed E-state index contributed by atoms with van der Waals surface area (Å²) in [4.78, 5) is 20.1. The van der Waals surface area contributed by atoms with Crippen molar-refractivity contribution < 1.29 is 23.7 Å². The molecule has 8 heteroatoms. The van der Waals surface area contributed by atoms with Gasteiger partial charge in [0.2, 0.25) is 0 Å². The van der Waals surface area contributed by atoms with Gasteiger partial charge in [-0.25, -0.2) is 0 Å². The van der Waals surface area contributed by atoms with E-state index in [0.717, 1.165) is 43.8 Å². The van der Waals surface area contributed by atoms with E-state index >= 15 is 0 Å². The Labute approximate surface area is 199 Å². The number of anilines is 1. The minimum absolute atomic E-state index is 0. The number of ketones is 1. The molecule has 7 nitrogen and oxygen atoms in total. The minimum Gasteiger partial charge on any atom is -0.497 e. The molecule has 0 amide bonds. The van der Waals surface area contributed by atoms with E-state index in [0.29, 0.717) is 41.8 Å². The molecule has 0 spiro atoms. The first-order valence-corrected chi connectivity index (χ1v) is 10.7. The van der Waals surface area contributed by atoms with Crippen molar-refractivity contribution in [3.63, 3.8) is 0 Å². The molecule has 0 unspecified atom stereocenters. The number of amidine groups is 1. The van der Waals surface area contributed by atoms with Gasteiger partial charge < -0.3 is 23.8 Å². The summed E-state index contributed by atoms with van der Waals surface area (Å²) in [5.74, 6) is 3.50. The number of ether oxygens (including phenoxy) is 4. The second-order valence-corrected chi connectivity index (χ2v) is 7.51. The molecule has 0 fully saturated rings. The lowest BCUT2D eigenvalue weighted by Crippen LogP contribution is -2.36. The summed E-state index contributed by atoms with van der Waals surface area (Å²) in [6.45, 7) is 1.90. The Morgan fingerprint density at radius 3 is 2.59 bits per heavy atom. The van der Waals surface area contributed by atoms with Gasteiger partial charge in [0.25, 0.3) is 0 Å². The van der Waals surface area contributed by atoms with Crippen LogP contribution in [0.2, 0.25) is 0 Å². The van der Waals surface area contributed by atoms with E-state index in [2.05, 4.69) is 0 Å². The summed E-state index contributed by atoms with van der Waals surface area (Å²) in [5, 5.41) is 0. The second-order valence-electron chi connectivity index (χ2n) is 7.51. The maximum absolute atomic E-state index is 13.3. The Balaban J connectivity index is 0.00000289. The summed E-state index contributed by atoms with van der Waals surface area (Å²) in [6.07, 6.45) is 4.05.